The van der Waals surface area contributed by atoms with Crippen LogP contribution in [-0.4, -0.2) is 36.2 Å². The van der Waals surface area contributed by atoms with Crippen LogP contribution in [0.2, 0.25) is 0 Å². The normalized spacial score (nSPS) is 11.4. The van der Waals surface area contributed by atoms with Gasteiger partial charge >= 0.3 is 0 Å². The van der Waals surface area contributed by atoms with Crippen molar-refractivity contribution in [2.45, 2.75) is 10.6 Å². The first-order chi connectivity index (χ1) is 14.0. The number of anilines is 1. The van der Waals surface area contributed by atoms with E-state index >= 15 is 0 Å². The number of hydrogen-bond acceptors (Lipinski definition) is 9. The van der Waals surface area contributed by atoms with Gasteiger partial charge in [-0.25, -0.2) is 18.0 Å². The molecule has 4 aromatic rings. The van der Waals surface area contributed by atoms with Crippen molar-refractivity contribution in [2.75, 3.05) is 11.9 Å². The Kier molecular flexibility index (Phi) is 5.23. The van der Waals surface area contributed by atoms with Crippen LogP contribution in [-0.2, 0) is 20.4 Å². The van der Waals surface area contributed by atoms with Gasteiger partial charge in [0.25, 0.3) is 5.91 Å². The lowest BCUT2D eigenvalue weighted by Gasteiger charge is -2.08. The van der Waals surface area contributed by atoms with E-state index in [4.69, 9.17) is 4.74 Å². The highest BCUT2D eigenvalue weighted by Crippen LogP contribution is 2.20. The summed E-state index contributed by atoms with van der Waals surface area (Å²) >= 11 is 1.29. The van der Waals surface area contributed by atoms with Gasteiger partial charge in [-0.05, 0) is 46.7 Å². The average Bonchev–Trinajstić information content (AvgIpc) is 3.37. The zero-order chi connectivity index (χ0) is 20.3. The lowest BCUT2D eigenvalue weighted by atomic mass is 10.3. The average molecular weight is 430 g/mol. The monoisotopic (exact) mass is 430 g/mol. The largest absolute Gasteiger partial charge is 0.484 e. The Morgan fingerprint density at radius 2 is 1.90 bits per heavy atom. The van der Waals surface area contributed by atoms with Crippen molar-refractivity contribution < 1.29 is 22.6 Å². The van der Waals surface area contributed by atoms with Crippen LogP contribution in [0.4, 0.5) is 5.69 Å². The number of nitrogens with one attached hydrogen (secondary N) is 1. The Labute approximate surface area is 169 Å². The van der Waals surface area contributed by atoms with E-state index in [0.29, 0.717) is 27.5 Å². The predicted octanol–water partition coefficient (Wildman–Crippen LogP) is 2.67. The number of hydrogen-bond donors (Lipinski definition) is 1. The summed E-state index contributed by atoms with van der Waals surface area (Å²) in [5.41, 5.74) is 1.58. The molecule has 2 aromatic heterocycles. The maximum atomic E-state index is 12.4. The predicted molar refractivity (Wildman–Crippen MR) is 105 cm³/mol. The van der Waals surface area contributed by atoms with Gasteiger partial charge < -0.3 is 10.1 Å². The Bertz CT molecular complexity index is 1240. The lowest BCUT2D eigenvalue weighted by molar-refractivity contribution is -0.118. The number of carbonyl (C=O) groups is 1. The number of sulfone groups is 1. The summed E-state index contributed by atoms with van der Waals surface area (Å²) in [6.45, 7) is -0.221. The maximum Gasteiger partial charge on any atom is 0.262 e. The first kappa shape index (κ1) is 19.0. The SMILES string of the molecule is O=C(COc1ccc2nonc2c1)Nc1ccc(S(=O)(=O)Cc2nccs2)cc1. The van der Waals surface area contributed by atoms with Crippen molar-refractivity contribution >= 4 is 43.8 Å². The van der Waals surface area contributed by atoms with Crippen molar-refractivity contribution in [3.8, 4) is 5.75 Å². The molecule has 0 unspecified atom stereocenters. The summed E-state index contributed by atoms with van der Waals surface area (Å²) in [5, 5.41) is 12.3. The van der Waals surface area contributed by atoms with Crippen LogP contribution in [0.25, 0.3) is 11.0 Å². The van der Waals surface area contributed by atoms with E-state index in [0.717, 1.165) is 0 Å². The van der Waals surface area contributed by atoms with Gasteiger partial charge in [0.1, 0.15) is 27.5 Å². The van der Waals surface area contributed by atoms with Gasteiger partial charge in [0.15, 0.2) is 16.4 Å². The molecule has 2 heterocycles. The number of ether oxygens (including phenoxy) is 1. The van der Waals surface area contributed by atoms with Crippen LogP contribution in [0.3, 0.4) is 0 Å². The van der Waals surface area contributed by atoms with Crippen molar-refractivity contribution in [1.82, 2.24) is 15.3 Å². The number of thiazole rings is 1. The number of aromatic nitrogens is 3. The van der Waals surface area contributed by atoms with Crippen LogP contribution < -0.4 is 10.1 Å². The van der Waals surface area contributed by atoms with Gasteiger partial charge in [-0.2, -0.15) is 0 Å². The van der Waals surface area contributed by atoms with E-state index < -0.39 is 9.84 Å². The van der Waals surface area contributed by atoms with Gasteiger partial charge in [0.05, 0.1) is 4.90 Å². The third kappa shape index (κ3) is 4.58. The van der Waals surface area contributed by atoms with Crippen molar-refractivity contribution in [3.05, 3.63) is 59.0 Å². The third-order valence-electron chi connectivity index (χ3n) is 3.89. The molecule has 0 saturated carbocycles. The number of rotatable bonds is 7. The summed E-state index contributed by atoms with van der Waals surface area (Å²) in [4.78, 5) is 16.2. The van der Waals surface area contributed by atoms with Gasteiger partial charge in [-0.3, -0.25) is 4.79 Å². The van der Waals surface area contributed by atoms with Gasteiger partial charge in [0.2, 0.25) is 0 Å². The summed E-state index contributed by atoms with van der Waals surface area (Å²) in [6.07, 6.45) is 1.57. The second kappa shape index (κ2) is 7.97. The molecule has 9 nitrogen and oxygen atoms in total. The van der Waals surface area contributed by atoms with Gasteiger partial charge in [-0.15, -0.1) is 11.3 Å². The Morgan fingerprint density at radius 3 is 2.66 bits per heavy atom. The number of carbonyl (C=O) groups excluding carboxylic acids is 1. The van der Waals surface area contributed by atoms with E-state index in [1.165, 1.54) is 35.6 Å². The standard InChI is InChI=1S/C18H14N4O5S2/c23-17(10-26-13-3-6-15-16(9-13)22-27-21-15)20-12-1-4-14(5-2-12)29(24,25)11-18-19-7-8-28-18/h1-9H,10-11H2,(H,20,23). The molecule has 11 heteroatoms. The minimum Gasteiger partial charge on any atom is -0.484 e. The molecule has 0 aliphatic carbocycles. The molecule has 29 heavy (non-hydrogen) atoms. The minimum absolute atomic E-state index is 0.157. The molecule has 1 N–H and O–H groups in total. The zero-order valence-electron chi connectivity index (χ0n) is 14.8. The fraction of sp³-hybridized carbons (Fsp3) is 0.111. The quantitative estimate of drug-likeness (QED) is 0.474. The summed E-state index contributed by atoms with van der Waals surface area (Å²) < 4.78 is 34.9. The van der Waals surface area contributed by atoms with Crippen LogP contribution in [0.15, 0.2) is 63.6 Å². The maximum absolute atomic E-state index is 12.4. The minimum atomic E-state index is -3.50. The second-order valence-electron chi connectivity index (χ2n) is 5.96. The van der Waals surface area contributed by atoms with Gasteiger partial charge in [0, 0.05) is 23.3 Å². The molecule has 148 valence electrons. The van der Waals surface area contributed by atoms with Crippen LogP contribution in [0.5, 0.6) is 5.75 Å². The molecule has 0 aliphatic heterocycles. The zero-order valence-corrected chi connectivity index (χ0v) is 16.4. The van der Waals surface area contributed by atoms with E-state index in [9.17, 15) is 13.2 Å². The highest BCUT2D eigenvalue weighted by Gasteiger charge is 2.17. The Balaban J connectivity index is 1.34. The third-order valence-corrected chi connectivity index (χ3v) is 6.50. The van der Waals surface area contributed by atoms with E-state index in [2.05, 4.69) is 25.2 Å². The van der Waals surface area contributed by atoms with E-state index in [-0.39, 0.29) is 23.2 Å². The Hall–Kier alpha value is -3.31. The molecular formula is C18H14N4O5S2. The molecule has 0 saturated heterocycles. The molecular weight excluding hydrogens is 416 g/mol. The summed E-state index contributed by atoms with van der Waals surface area (Å²) in [6, 6.07) is 10.9. The molecule has 2 aromatic carbocycles. The van der Waals surface area contributed by atoms with Crippen molar-refractivity contribution in [1.29, 1.82) is 0 Å². The van der Waals surface area contributed by atoms with E-state index in [1.807, 2.05) is 0 Å². The number of nitrogens with zero attached hydrogens (tertiary/aromatic N) is 3. The van der Waals surface area contributed by atoms with Gasteiger partial charge in [-0.1, -0.05) is 0 Å². The van der Waals surface area contributed by atoms with Crippen LogP contribution >= 0.6 is 11.3 Å². The number of benzene rings is 2. The second-order valence-corrected chi connectivity index (χ2v) is 8.93. The Morgan fingerprint density at radius 1 is 1.10 bits per heavy atom. The van der Waals surface area contributed by atoms with E-state index in [1.54, 1.807) is 29.8 Å². The topological polar surface area (TPSA) is 124 Å². The molecule has 1 amide bonds. The molecule has 0 radical (unpaired) electrons. The summed E-state index contributed by atoms with van der Waals surface area (Å²) in [5.74, 6) is -0.0935. The molecule has 0 aliphatic rings. The first-order valence-corrected chi connectivity index (χ1v) is 10.9. The highest BCUT2D eigenvalue weighted by molar-refractivity contribution is 7.90. The summed E-state index contributed by atoms with van der Waals surface area (Å²) in [7, 11) is -3.50. The lowest BCUT2D eigenvalue weighted by Crippen LogP contribution is -2.20. The molecule has 4 rings (SSSR count). The van der Waals surface area contributed by atoms with Crippen LogP contribution in [0, 0.1) is 0 Å². The fourth-order valence-electron chi connectivity index (χ4n) is 2.51. The number of fused-ring (bicyclic) bond motifs is 1. The van der Waals surface area contributed by atoms with Crippen molar-refractivity contribution in [3.63, 3.8) is 0 Å². The fourth-order valence-corrected chi connectivity index (χ4v) is 4.77. The number of amides is 1. The molecule has 0 atom stereocenters. The first-order valence-electron chi connectivity index (χ1n) is 8.36. The molecule has 0 bridgehead atoms. The van der Waals surface area contributed by atoms with Crippen molar-refractivity contribution in [2.24, 2.45) is 0 Å². The highest BCUT2D eigenvalue weighted by atomic mass is 32.2. The smallest absolute Gasteiger partial charge is 0.262 e. The van der Waals surface area contributed by atoms with Crippen LogP contribution in [0.1, 0.15) is 5.01 Å². The molecule has 0 fully saturated rings. The molecule has 0 spiro atoms.